The van der Waals surface area contributed by atoms with Crippen LogP contribution in [0.4, 0.5) is 5.69 Å². The number of anilines is 1. The van der Waals surface area contributed by atoms with Crippen molar-refractivity contribution in [2.45, 2.75) is 43.8 Å². The molecule has 0 atom stereocenters. The van der Waals surface area contributed by atoms with Gasteiger partial charge >= 0.3 is 7.12 Å². The van der Waals surface area contributed by atoms with Gasteiger partial charge in [-0.1, -0.05) is 18.2 Å². The number of nitrogens with zero attached hydrogens (tertiary/aromatic N) is 2. The molecule has 8 heteroatoms. The minimum Gasteiger partial charge on any atom is -0.480 e. The van der Waals surface area contributed by atoms with Gasteiger partial charge in [0.1, 0.15) is 5.69 Å². The van der Waals surface area contributed by atoms with Gasteiger partial charge in [0.05, 0.1) is 28.7 Å². The highest BCUT2D eigenvalue weighted by Gasteiger charge is 2.51. The zero-order valence-electron chi connectivity index (χ0n) is 17.2. The van der Waals surface area contributed by atoms with E-state index in [4.69, 9.17) is 14.0 Å². The molecule has 0 bridgehead atoms. The lowest BCUT2D eigenvalue weighted by Gasteiger charge is -2.32. The average molecular weight is 409 g/mol. The van der Waals surface area contributed by atoms with Crippen molar-refractivity contribution in [1.82, 2.24) is 9.97 Å². The number of para-hydroxylation sites is 1. The van der Waals surface area contributed by atoms with Gasteiger partial charge in [0.2, 0.25) is 5.88 Å². The van der Waals surface area contributed by atoms with Crippen LogP contribution in [0.1, 0.15) is 27.7 Å². The maximum absolute atomic E-state index is 6.15. The number of methoxy groups -OCH3 is 1. The van der Waals surface area contributed by atoms with Gasteiger partial charge in [-0.2, -0.15) is 0 Å². The van der Waals surface area contributed by atoms with Gasteiger partial charge in [-0.25, -0.2) is 4.98 Å². The maximum atomic E-state index is 6.15. The summed E-state index contributed by atoms with van der Waals surface area (Å²) < 4.78 is 21.1. The van der Waals surface area contributed by atoms with E-state index in [2.05, 4.69) is 14.7 Å². The molecule has 150 valence electrons. The van der Waals surface area contributed by atoms with E-state index in [0.29, 0.717) is 5.88 Å². The van der Waals surface area contributed by atoms with E-state index in [1.165, 1.54) is 11.9 Å². The summed E-state index contributed by atoms with van der Waals surface area (Å²) >= 11 is 1.47. The smallest absolute Gasteiger partial charge is 0.480 e. The molecule has 3 aromatic rings. The van der Waals surface area contributed by atoms with E-state index in [0.717, 1.165) is 26.9 Å². The second-order valence-corrected chi connectivity index (χ2v) is 8.80. The van der Waals surface area contributed by atoms with E-state index < -0.39 is 18.3 Å². The van der Waals surface area contributed by atoms with Crippen LogP contribution in [0.2, 0.25) is 0 Å². The molecule has 4 rings (SSSR count). The summed E-state index contributed by atoms with van der Waals surface area (Å²) in [5.74, 6) is 0.506. The van der Waals surface area contributed by atoms with Crippen LogP contribution < -0.4 is 14.9 Å². The first-order valence-electron chi connectivity index (χ1n) is 9.47. The molecule has 1 saturated heterocycles. The number of ether oxygens (including phenoxy) is 1. The van der Waals surface area contributed by atoms with E-state index in [9.17, 15) is 0 Å². The Bertz CT molecular complexity index is 1020. The van der Waals surface area contributed by atoms with E-state index in [1.54, 1.807) is 19.5 Å². The van der Waals surface area contributed by atoms with Crippen LogP contribution in [0.15, 0.2) is 53.7 Å². The molecule has 1 aromatic carbocycles. The third-order valence-corrected chi connectivity index (χ3v) is 6.33. The normalized spacial score (nSPS) is 17.5. The monoisotopic (exact) mass is 409 g/mol. The van der Waals surface area contributed by atoms with E-state index in [1.807, 2.05) is 64.1 Å². The highest BCUT2D eigenvalue weighted by Crippen LogP contribution is 2.37. The van der Waals surface area contributed by atoms with Gasteiger partial charge in [-0.05, 0) is 57.8 Å². The Labute approximate surface area is 175 Å². The minimum atomic E-state index is -0.483. The predicted molar refractivity (Wildman–Crippen MR) is 118 cm³/mol. The summed E-state index contributed by atoms with van der Waals surface area (Å²) in [5.41, 5.74) is 1.71. The predicted octanol–water partition coefficient (Wildman–Crippen LogP) is 4.06. The first-order chi connectivity index (χ1) is 13.8. The Kier molecular flexibility index (Phi) is 5.19. The van der Waals surface area contributed by atoms with Gasteiger partial charge in [0.25, 0.3) is 0 Å². The minimum absolute atomic E-state index is 0.408. The fourth-order valence-corrected chi connectivity index (χ4v) is 3.86. The van der Waals surface area contributed by atoms with Crippen molar-refractivity contribution in [2.75, 3.05) is 11.8 Å². The number of fused-ring (bicyclic) bond motifs is 1. The Balaban J connectivity index is 1.60. The molecule has 0 saturated carbocycles. The van der Waals surface area contributed by atoms with Crippen molar-refractivity contribution >= 4 is 41.1 Å². The summed E-state index contributed by atoms with van der Waals surface area (Å²) in [4.78, 5) is 9.96. The Morgan fingerprint density at radius 3 is 2.48 bits per heavy atom. The molecule has 0 spiro atoms. The van der Waals surface area contributed by atoms with Crippen LogP contribution in [0.25, 0.3) is 10.9 Å². The quantitative estimate of drug-likeness (QED) is 0.504. The molecule has 29 heavy (non-hydrogen) atoms. The molecule has 1 fully saturated rings. The van der Waals surface area contributed by atoms with Crippen molar-refractivity contribution in [3.63, 3.8) is 0 Å². The topological polar surface area (TPSA) is 65.5 Å². The molecule has 6 nitrogen and oxygen atoms in total. The highest BCUT2D eigenvalue weighted by atomic mass is 32.2. The largest absolute Gasteiger partial charge is 0.496 e. The molecule has 2 aromatic heterocycles. The van der Waals surface area contributed by atoms with Crippen LogP contribution in [-0.4, -0.2) is 35.4 Å². The van der Waals surface area contributed by atoms with Crippen LogP contribution in [-0.2, 0) is 9.31 Å². The molecule has 0 aliphatic carbocycles. The van der Waals surface area contributed by atoms with Crippen molar-refractivity contribution in [2.24, 2.45) is 0 Å². The third-order valence-electron chi connectivity index (χ3n) is 5.46. The number of rotatable bonds is 5. The molecule has 1 aliphatic rings. The first-order valence-corrected chi connectivity index (χ1v) is 10.3. The summed E-state index contributed by atoms with van der Waals surface area (Å²) in [5, 5.41) is 1.09. The molecule has 0 unspecified atom stereocenters. The number of benzene rings is 1. The zero-order chi connectivity index (χ0) is 20.6. The number of hydrogen-bond donors (Lipinski definition) is 1. The first kappa shape index (κ1) is 20.0. The van der Waals surface area contributed by atoms with Crippen molar-refractivity contribution in [1.29, 1.82) is 0 Å². The molecular formula is C21H24BN3O3S. The number of aromatic nitrogens is 2. The Hall–Kier alpha value is -2.29. The average Bonchev–Trinajstić information content (AvgIpc) is 2.93. The van der Waals surface area contributed by atoms with Gasteiger partial charge in [0.15, 0.2) is 0 Å². The summed E-state index contributed by atoms with van der Waals surface area (Å²) in [7, 11) is 1.12. The molecule has 1 aliphatic heterocycles. The van der Waals surface area contributed by atoms with Crippen LogP contribution in [0.5, 0.6) is 5.88 Å². The Morgan fingerprint density at radius 1 is 1.03 bits per heavy atom. The number of nitrogens with one attached hydrogen (secondary N) is 1. The van der Waals surface area contributed by atoms with Gasteiger partial charge in [-0.3, -0.25) is 4.98 Å². The van der Waals surface area contributed by atoms with Crippen LogP contribution in [0, 0.1) is 0 Å². The van der Waals surface area contributed by atoms with Crippen LogP contribution >= 0.6 is 11.9 Å². The second kappa shape index (κ2) is 7.52. The van der Waals surface area contributed by atoms with Crippen molar-refractivity contribution in [3.8, 4) is 5.88 Å². The van der Waals surface area contributed by atoms with Crippen molar-refractivity contribution in [3.05, 3.63) is 48.8 Å². The third kappa shape index (κ3) is 3.80. The molecule has 3 heterocycles. The van der Waals surface area contributed by atoms with Gasteiger partial charge in [-0.15, -0.1) is 0 Å². The maximum Gasteiger partial charge on any atom is 0.496 e. The summed E-state index contributed by atoms with van der Waals surface area (Å²) in [6.07, 6.45) is 3.53. The second-order valence-electron chi connectivity index (χ2n) is 7.95. The van der Waals surface area contributed by atoms with E-state index in [-0.39, 0.29) is 0 Å². The fraction of sp³-hybridized carbons (Fsp3) is 0.333. The molecule has 1 N–H and O–H groups in total. The lowest BCUT2D eigenvalue weighted by Crippen LogP contribution is -2.41. The van der Waals surface area contributed by atoms with Gasteiger partial charge < -0.3 is 18.8 Å². The van der Waals surface area contributed by atoms with Crippen molar-refractivity contribution < 1.29 is 14.0 Å². The van der Waals surface area contributed by atoms with Crippen LogP contribution in [0.3, 0.4) is 0 Å². The summed E-state index contributed by atoms with van der Waals surface area (Å²) in [6.45, 7) is 8.14. The standard InChI is InChI=1S/C21H24BN3O3S/c1-20(2)21(3,4)28-22(27-20)15-12-16(19(26-5)24-13-15)25-29-17-10-6-8-14-9-7-11-23-18(14)17/h6-13,25H,1-5H3. The summed E-state index contributed by atoms with van der Waals surface area (Å²) in [6, 6.07) is 12.0. The lowest BCUT2D eigenvalue weighted by atomic mass is 9.80. The van der Waals surface area contributed by atoms with Gasteiger partial charge in [0, 0.05) is 23.2 Å². The molecule has 0 radical (unpaired) electrons. The highest BCUT2D eigenvalue weighted by molar-refractivity contribution is 8.00. The number of hydrogen-bond acceptors (Lipinski definition) is 7. The fourth-order valence-electron chi connectivity index (χ4n) is 3.08. The Morgan fingerprint density at radius 2 is 1.76 bits per heavy atom. The lowest BCUT2D eigenvalue weighted by molar-refractivity contribution is 0.00578. The molecule has 0 amide bonds. The number of pyridine rings is 2. The zero-order valence-corrected chi connectivity index (χ0v) is 18.0. The SMILES string of the molecule is COc1ncc(B2OC(C)(C)C(C)(C)O2)cc1NSc1cccc2cccnc12. The van der Waals surface area contributed by atoms with E-state index >= 15 is 0 Å². The molecular weight excluding hydrogens is 385 g/mol.